The number of esters is 1. The molecule has 0 atom stereocenters. The quantitative estimate of drug-likeness (QED) is 0.690. The van der Waals surface area contributed by atoms with E-state index >= 15 is 0 Å². The molecule has 23 heavy (non-hydrogen) atoms. The molecular weight excluding hydrogens is 294 g/mol. The second-order valence-electron chi connectivity index (χ2n) is 7.37. The molecule has 2 aliphatic rings. The summed E-state index contributed by atoms with van der Waals surface area (Å²) in [5.41, 5.74) is 0.717. The first-order valence-corrected chi connectivity index (χ1v) is 8.07. The van der Waals surface area contributed by atoms with E-state index < -0.39 is 11.2 Å². The number of ether oxygens (including phenoxy) is 2. The minimum absolute atomic E-state index is 0.252. The number of piperidine rings is 1. The standard InChI is InChI=1S/C18H23NO4/c1-17(2,3)23-16(21)19-10-8-18(9-11-19)12-13-6-4-5-7-14(13)15(20)22-18/h4-7H,8-12H2,1-3H3. The van der Waals surface area contributed by atoms with Crippen molar-refractivity contribution in [1.82, 2.24) is 4.90 Å². The molecule has 0 bridgehead atoms. The van der Waals surface area contributed by atoms with Crippen molar-refractivity contribution in [3.8, 4) is 0 Å². The van der Waals surface area contributed by atoms with Crippen molar-refractivity contribution in [3.05, 3.63) is 35.4 Å². The number of hydrogen-bond acceptors (Lipinski definition) is 4. The third-order valence-electron chi connectivity index (χ3n) is 4.39. The Morgan fingerprint density at radius 3 is 2.52 bits per heavy atom. The van der Waals surface area contributed by atoms with Gasteiger partial charge in [-0.1, -0.05) is 18.2 Å². The summed E-state index contributed by atoms with van der Waals surface area (Å²) in [4.78, 5) is 26.1. The normalized spacial score (nSPS) is 20.0. The average Bonchev–Trinajstić information content (AvgIpc) is 2.46. The molecule has 3 rings (SSSR count). The predicted octanol–water partition coefficient (Wildman–Crippen LogP) is 3.17. The van der Waals surface area contributed by atoms with E-state index in [1.807, 2.05) is 39.0 Å². The summed E-state index contributed by atoms with van der Waals surface area (Å²) in [5, 5.41) is 0. The van der Waals surface area contributed by atoms with E-state index in [0.29, 0.717) is 31.5 Å². The number of benzene rings is 1. The van der Waals surface area contributed by atoms with Crippen LogP contribution in [0, 0.1) is 0 Å². The van der Waals surface area contributed by atoms with Crippen LogP contribution in [0.25, 0.3) is 0 Å². The van der Waals surface area contributed by atoms with Crippen molar-refractivity contribution >= 4 is 12.1 Å². The molecule has 124 valence electrons. The molecule has 1 aromatic carbocycles. The van der Waals surface area contributed by atoms with Gasteiger partial charge in [-0.2, -0.15) is 0 Å². The highest BCUT2D eigenvalue weighted by atomic mass is 16.6. The van der Waals surface area contributed by atoms with E-state index in [1.165, 1.54) is 0 Å². The van der Waals surface area contributed by atoms with E-state index in [1.54, 1.807) is 11.0 Å². The van der Waals surface area contributed by atoms with Gasteiger partial charge in [0.15, 0.2) is 0 Å². The van der Waals surface area contributed by atoms with Crippen molar-refractivity contribution in [2.24, 2.45) is 0 Å². The molecule has 1 amide bonds. The molecule has 0 N–H and O–H groups in total. The number of fused-ring (bicyclic) bond motifs is 1. The first-order valence-electron chi connectivity index (χ1n) is 8.07. The van der Waals surface area contributed by atoms with E-state index in [4.69, 9.17) is 9.47 Å². The topological polar surface area (TPSA) is 55.8 Å². The first-order chi connectivity index (χ1) is 10.8. The zero-order valence-corrected chi connectivity index (χ0v) is 13.9. The Morgan fingerprint density at radius 1 is 1.22 bits per heavy atom. The van der Waals surface area contributed by atoms with Gasteiger partial charge in [0.1, 0.15) is 11.2 Å². The summed E-state index contributed by atoms with van der Waals surface area (Å²) in [6.45, 7) is 6.66. The van der Waals surface area contributed by atoms with Gasteiger partial charge in [0.05, 0.1) is 5.56 Å². The second kappa shape index (κ2) is 5.55. The zero-order valence-electron chi connectivity index (χ0n) is 13.9. The molecule has 5 nitrogen and oxygen atoms in total. The van der Waals surface area contributed by atoms with Crippen LogP contribution in [-0.2, 0) is 15.9 Å². The minimum Gasteiger partial charge on any atom is -0.455 e. The van der Waals surface area contributed by atoms with Gasteiger partial charge in [-0.05, 0) is 32.4 Å². The maximum Gasteiger partial charge on any atom is 0.410 e. The lowest BCUT2D eigenvalue weighted by Crippen LogP contribution is -2.52. The lowest BCUT2D eigenvalue weighted by Gasteiger charge is -2.43. The van der Waals surface area contributed by atoms with Gasteiger partial charge in [0.25, 0.3) is 0 Å². The summed E-state index contributed by atoms with van der Waals surface area (Å²) in [6.07, 6.45) is 1.71. The van der Waals surface area contributed by atoms with Crippen LogP contribution in [0.5, 0.6) is 0 Å². The Morgan fingerprint density at radius 2 is 1.87 bits per heavy atom. The SMILES string of the molecule is CC(C)(C)OC(=O)N1CCC2(CC1)Cc1ccccc1C(=O)O2. The third kappa shape index (κ3) is 3.33. The monoisotopic (exact) mass is 317 g/mol. The van der Waals surface area contributed by atoms with Crippen LogP contribution in [0.15, 0.2) is 24.3 Å². The van der Waals surface area contributed by atoms with Crippen molar-refractivity contribution in [2.45, 2.75) is 51.2 Å². The molecule has 0 aromatic heterocycles. The van der Waals surface area contributed by atoms with E-state index in [9.17, 15) is 9.59 Å². The molecule has 1 saturated heterocycles. The summed E-state index contributed by atoms with van der Waals surface area (Å²) >= 11 is 0. The summed E-state index contributed by atoms with van der Waals surface area (Å²) < 4.78 is 11.2. The third-order valence-corrected chi connectivity index (χ3v) is 4.39. The Hall–Kier alpha value is -2.04. The summed E-state index contributed by atoms with van der Waals surface area (Å²) in [7, 11) is 0. The summed E-state index contributed by atoms with van der Waals surface area (Å²) in [6, 6.07) is 7.59. The smallest absolute Gasteiger partial charge is 0.410 e. The number of amides is 1. The fraction of sp³-hybridized carbons (Fsp3) is 0.556. The van der Waals surface area contributed by atoms with Crippen LogP contribution in [0.3, 0.4) is 0 Å². The summed E-state index contributed by atoms with van der Waals surface area (Å²) in [5.74, 6) is -0.252. The largest absolute Gasteiger partial charge is 0.455 e. The molecule has 2 aliphatic heterocycles. The first kappa shape index (κ1) is 15.8. The van der Waals surface area contributed by atoms with Gasteiger partial charge in [0.2, 0.25) is 0 Å². The Balaban J connectivity index is 1.67. The van der Waals surface area contributed by atoms with Crippen molar-refractivity contribution < 1.29 is 19.1 Å². The van der Waals surface area contributed by atoms with E-state index in [-0.39, 0.29) is 12.1 Å². The lowest BCUT2D eigenvalue weighted by atomic mass is 9.82. The van der Waals surface area contributed by atoms with Crippen molar-refractivity contribution in [3.63, 3.8) is 0 Å². The number of nitrogens with zero attached hydrogens (tertiary/aromatic N) is 1. The van der Waals surface area contributed by atoms with Crippen LogP contribution >= 0.6 is 0 Å². The van der Waals surface area contributed by atoms with Gasteiger partial charge >= 0.3 is 12.1 Å². The molecule has 1 spiro atoms. The van der Waals surface area contributed by atoms with Crippen LogP contribution in [-0.4, -0.2) is 41.3 Å². The van der Waals surface area contributed by atoms with E-state index in [2.05, 4.69) is 0 Å². The number of rotatable bonds is 0. The number of hydrogen-bond donors (Lipinski definition) is 0. The van der Waals surface area contributed by atoms with Crippen LogP contribution in [0.4, 0.5) is 4.79 Å². The van der Waals surface area contributed by atoms with Gasteiger partial charge in [0, 0.05) is 32.4 Å². The molecule has 2 heterocycles. The molecule has 1 fully saturated rings. The number of likely N-dealkylation sites (tertiary alicyclic amines) is 1. The second-order valence-corrected chi connectivity index (χ2v) is 7.37. The van der Waals surface area contributed by atoms with Gasteiger partial charge in [-0.25, -0.2) is 9.59 Å². The fourth-order valence-corrected chi connectivity index (χ4v) is 3.21. The maximum atomic E-state index is 12.2. The molecule has 0 aliphatic carbocycles. The Kier molecular flexibility index (Phi) is 3.82. The molecule has 1 aromatic rings. The predicted molar refractivity (Wildman–Crippen MR) is 85.3 cm³/mol. The minimum atomic E-state index is -0.498. The van der Waals surface area contributed by atoms with Gasteiger partial charge in [-0.3, -0.25) is 0 Å². The Bertz CT molecular complexity index is 624. The molecule has 0 saturated carbocycles. The van der Waals surface area contributed by atoms with Crippen molar-refractivity contribution in [2.75, 3.05) is 13.1 Å². The number of carbonyl (C=O) groups excluding carboxylic acids is 2. The van der Waals surface area contributed by atoms with Crippen molar-refractivity contribution in [1.29, 1.82) is 0 Å². The molecule has 5 heteroatoms. The highest BCUT2D eigenvalue weighted by Gasteiger charge is 2.43. The highest BCUT2D eigenvalue weighted by Crippen LogP contribution is 2.36. The Labute approximate surface area is 136 Å². The maximum absolute atomic E-state index is 12.2. The molecule has 0 radical (unpaired) electrons. The molecular formula is C18H23NO4. The average molecular weight is 317 g/mol. The highest BCUT2D eigenvalue weighted by molar-refractivity contribution is 5.92. The molecule has 0 unspecified atom stereocenters. The van der Waals surface area contributed by atoms with Gasteiger partial charge in [-0.15, -0.1) is 0 Å². The lowest BCUT2D eigenvalue weighted by molar-refractivity contribution is -0.0587. The van der Waals surface area contributed by atoms with Gasteiger partial charge < -0.3 is 14.4 Å². The van der Waals surface area contributed by atoms with Crippen LogP contribution < -0.4 is 0 Å². The fourth-order valence-electron chi connectivity index (χ4n) is 3.21. The van der Waals surface area contributed by atoms with Crippen LogP contribution in [0.2, 0.25) is 0 Å². The number of carbonyl (C=O) groups is 2. The van der Waals surface area contributed by atoms with E-state index in [0.717, 1.165) is 12.0 Å². The van der Waals surface area contributed by atoms with Crippen LogP contribution in [0.1, 0.15) is 49.5 Å². The zero-order chi connectivity index (χ0) is 16.7.